The number of primary amides is 1. The molecule has 0 heterocycles. The van der Waals surface area contributed by atoms with E-state index in [-0.39, 0.29) is 13.1 Å². The Balaban J connectivity index is 2.51. The van der Waals surface area contributed by atoms with E-state index in [0.29, 0.717) is 5.56 Å². The molecule has 76 valence electrons. The average molecular weight is 200 g/mol. The van der Waals surface area contributed by atoms with Crippen LogP contribution in [0.3, 0.4) is 0 Å². The van der Waals surface area contributed by atoms with E-state index in [1.807, 2.05) is 0 Å². The van der Waals surface area contributed by atoms with Gasteiger partial charge in [0.05, 0.1) is 6.54 Å². The molecule has 0 aromatic heterocycles. The number of carbonyl (C=O) groups is 1. The molecule has 0 spiro atoms. The zero-order valence-corrected chi connectivity index (χ0v) is 7.39. The number of carbonyl (C=O) groups excluding carboxylic acids is 1. The molecule has 0 saturated carbocycles. The Morgan fingerprint density at radius 1 is 1.36 bits per heavy atom. The summed E-state index contributed by atoms with van der Waals surface area (Å²) in [5, 5.41) is 2.68. The van der Waals surface area contributed by atoms with E-state index in [4.69, 9.17) is 5.73 Å². The number of amides is 1. The van der Waals surface area contributed by atoms with Crippen molar-refractivity contribution < 1.29 is 13.6 Å². The summed E-state index contributed by atoms with van der Waals surface area (Å²) in [5.41, 5.74) is 5.44. The normalized spacial score (nSPS) is 10.1. The minimum Gasteiger partial charge on any atom is -0.369 e. The summed E-state index contributed by atoms with van der Waals surface area (Å²) in [5.74, 6) is -2.28. The Morgan fingerprint density at radius 3 is 2.64 bits per heavy atom. The molecule has 0 aliphatic rings. The van der Waals surface area contributed by atoms with Crippen LogP contribution in [0.4, 0.5) is 8.78 Å². The smallest absolute Gasteiger partial charge is 0.231 e. The number of nitrogens with one attached hydrogen (secondary N) is 1. The molecule has 0 fully saturated rings. The van der Waals surface area contributed by atoms with Crippen LogP contribution in [-0.2, 0) is 11.3 Å². The molecule has 1 rings (SSSR count). The molecule has 0 radical (unpaired) electrons. The van der Waals surface area contributed by atoms with E-state index in [1.54, 1.807) is 0 Å². The van der Waals surface area contributed by atoms with Gasteiger partial charge in [0.15, 0.2) is 11.6 Å². The molecule has 1 amide bonds. The average Bonchev–Trinajstić information content (AvgIpc) is 2.10. The number of halogens is 2. The molecule has 0 bridgehead atoms. The van der Waals surface area contributed by atoms with Gasteiger partial charge in [0.2, 0.25) is 5.91 Å². The van der Waals surface area contributed by atoms with Crippen molar-refractivity contribution in [1.82, 2.24) is 5.32 Å². The van der Waals surface area contributed by atoms with Crippen molar-refractivity contribution in [3.63, 3.8) is 0 Å². The first-order chi connectivity index (χ1) is 6.59. The van der Waals surface area contributed by atoms with Crippen molar-refractivity contribution >= 4 is 5.91 Å². The molecular formula is C9H10F2N2O. The van der Waals surface area contributed by atoms with Gasteiger partial charge in [0.25, 0.3) is 0 Å². The highest BCUT2D eigenvalue weighted by atomic mass is 19.2. The predicted octanol–water partition coefficient (Wildman–Crippen LogP) is 0.540. The summed E-state index contributed by atoms with van der Waals surface area (Å²) in [6, 6.07) is 3.55. The van der Waals surface area contributed by atoms with E-state index in [9.17, 15) is 13.6 Å². The Hall–Kier alpha value is -1.49. The Morgan fingerprint density at radius 2 is 2.07 bits per heavy atom. The highest BCUT2D eigenvalue weighted by molar-refractivity contribution is 5.75. The third-order valence-corrected chi connectivity index (χ3v) is 1.61. The van der Waals surface area contributed by atoms with Gasteiger partial charge in [-0.3, -0.25) is 4.79 Å². The van der Waals surface area contributed by atoms with Crippen LogP contribution in [0.2, 0.25) is 0 Å². The van der Waals surface area contributed by atoms with Crippen molar-refractivity contribution in [2.24, 2.45) is 5.73 Å². The standard InChI is InChI=1S/C9H10F2N2O/c10-7-2-1-6(3-8(7)11)4-13-5-9(12)14/h1-3,13H,4-5H2,(H2,12,14). The molecule has 0 aliphatic carbocycles. The molecule has 1 aromatic rings. The SMILES string of the molecule is NC(=O)CNCc1ccc(F)c(F)c1. The van der Waals surface area contributed by atoms with Gasteiger partial charge < -0.3 is 11.1 Å². The Kier molecular flexibility index (Phi) is 3.53. The first kappa shape index (κ1) is 10.6. The first-order valence-electron chi connectivity index (χ1n) is 4.02. The van der Waals surface area contributed by atoms with Gasteiger partial charge in [-0.15, -0.1) is 0 Å². The van der Waals surface area contributed by atoms with Crippen LogP contribution >= 0.6 is 0 Å². The highest BCUT2D eigenvalue weighted by Gasteiger charge is 2.02. The zero-order valence-electron chi connectivity index (χ0n) is 7.39. The molecule has 3 nitrogen and oxygen atoms in total. The maximum absolute atomic E-state index is 12.7. The predicted molar refractivity (Wildman–Crippen MR) is 47.3 cm³/mol. The van der Waals surface area contributed by atoms with Crippen LogP contribution in [0.15, 0.2) is 18.2 Å². The minimum absolute atomic E-state index is 0.0129. The summed E-state index contributed by atoms with van der Waals surface area (Å²) in [6.07, 6.45) is 0. The van der Waals surface area contributed by atoms with Gasteiger partial charge in [0.1, 0.15) is 0 Å². The molecular weight excluding hydrogens is 190 g/mol. The molecule has 0 unspecified atom stereocenters. The summed E-state index contributed by atoms with van der Waals surface area (Å²) in [4.78, 5) is 10.3. The molecule has 3 N–H and O–H groups in total. The maximum atomic E-state index is 12.7. The first-order valence-corrected chi connectivity index (χ1v) is 4.02. The largest absolute Gasteiger partial charge is 0.369 e. The lowest BCUT2D eigenvalue weighted by molar-refractivity contribution is -0.117. The van der Waals surface area contributed by atoms with Crippen molar-refractivity contribution in [3.05, 3.63) is 35.4 Å². The van der Waals surface area contributed by atoms with Crippen molar-refractivity contribution in [2.75, 3.05) is 6.54 Å². The van der Waals surface area contributed by atoms with Gasteiger partial charge in [-0.2, -0.15) is 0 Å². The van der Waals surface area contributed by atoms with Crippen molar-refractivity contribution in [3.8, 4) is 0 Å². The molecule has 0 aliphatic heterocycles. The third kappa shape index (κ3) is 3.10. The van der Waals surface area contributed by atoms with Gasteiger partial charge >= 0.3 is 0 Å². The fourth-order valence-electron chi connectivity index (χ4n) is 0.980. The number of rotatable bonds is 4. The fraction of sp³-hybridized carbons (Fsp3) is 0.222. The van der Waals surface area contributed by atoms with Crippen molar-refractivity contribution in [1.29, 1.82) is 0 Å². The molecule has 14 heavy (non-hydrogen) atoms. The third-order valence-electron chi connectivity index (χ3n) is 1.61. The van der Waals surface area contributed by atoms with Gasteiger partial charge in [-0.05, 0) is 17.7 Å². The zero-order chi connectivity index (χ0) is 10.6. The van der Waals surface area contributed by atoms with Crippen molar-refractivity contribution in [2.45, 2.75) is 6.54 Å². The Bertz CT molecular complexity index is 342. The summed E-state index contributed by atoms with van der Waals surface area (Å²) < 4.78 is 25.2. The lowest BCUT2D eigenvalue weighted by atomic mass is 10.2. The second-order valence-electron chi connectivity index (χ2n) is 2.82. The van der Waals surface area contributed by atoms with Gasteiger partial charge in [-0.1, -0.05) is 6.07 Å². The topological polar surface area (TPSA) is 55.1 Å². The summed E-state index contributed by atoms with van der Waals surface area (Å²) >= 11 is 0. The van der Waals surface area contributed by atoms with E-state index < -0.39 is 17.5 Å². The number of hydrogen-bond acceptors (Lipinski definition) is 2. The number of nitrogens with two attached hydrogens (primary N) is 1. The van der Waals surface area contributed by atoms with Crippen LogP contribution < -0.4 is 11.1 Å². The lowest BCUT2D eigenvalue weighted by Crippen LogP contribution is -2.28. The van der Waals surface area contributed by atoms with E-state index in [0.717, 1.165) is 12.1 Å². The van der Waals surface area contributed by atoms with Crippen LogP contribution in [0.5, 0.6) is 0 Å². The molecule has 5 heteroatoms. The van der Waals surface area contributed by atoms with Crippen LogP contribution in [0, 0.1) is 11.6 Å². The molecule has 0 saturated heterocycles. The Labute approximate surface area is 79.9 Å². The fourth-order valence-corrected chi connectivity index (χ4v) is 0.980. The minimum atomic E-state index is -0.900. The van der Waals surface area contributed by atoms with Crippen LogP contribution in [0.1, 0.15) is 5.56 Å². The monoisotopic (exact) mass is 200 g/mol. The second kappa shape index (κ2) is 4.66. The van der Waals surface area contributed by atoms with E-state index in [2.05, 4.69) is 5.32 Å². The van der Waals surface area contributed by atoms with Gasteiger partial charge in [-0.25, -0.2) is 8.78 Å². The quantitative estimate of drug-likeness (QED) is 0.745. The number of benzene rings is 1. The van der Waals surface area contributed by atoms with Gasteiger partial charge in [0, 0.05) is 6.54 Å². The van der Waals surface area contributed by atoms with Crippen LogP contribution in [-0.4, -0.2) is 12.5 Å². The van der Waals surface area contributed by atoms with E-state index >= 15 is 0 Å². The highest BCUT2D eigenvalue weighted by Crippen LogP contribution is 2.07. The second-order valence-corrected chi connectivity index (χ2v) is 2.82. The van der Waals surface area contributed by atoms with Crippen LogP contribution in [0.25, 0.3) is 0 Å². The molecule has 0 atom stereocenters. The number of hydrogen-bond donors (Lipinski definition) is 2. The lowest BCUT2D eigenvalue weighted by Gasteiger charge is -2.02. The maximum Gasteiger partial charge on any atom is 0.231 e. The summed E-state index contributed by atoms with van der Waals surface area (Å²) in [6.45, 7) is 0.291. The van der Waals surface area contributed by atoms with E-state index in [1.165, 1.54) is 6.07 Å². The summed E-state index contributed by atoms with van der Waals surface area (Å²) in [7, 11) is 0. The molecule has 1 aromatic carbocycles.